The van der Waals surface area contributed by atoms with Crippen molar-refractivity contribution >= 4 is 28.7 Å². The molecule has 1 aromatic heterocycles. The molecule has 7 heteroatoms. The van der Waals surface area contributed by atoms with Crippen LogP contribution >= 0.6 is 11.6 Å². The molecule has 0 spiro atoms. The van der Waals surface area contributed by atoms with Gasteiger partial charge in [0, 0.05) is 36.4 Å². The van der Waals surface area contributed by atoms with Crippen LogP contribution in [0.4, 0.5) is 4.79 Å². The van der Waals surface area contributed by atoms with E-state index in [1.54, 1.807) is 12.1 Å². The number of nitrogens with zero attached hydrogens (tertiary/aromatic N) is 1. The quantitative estimate of drug-likeness (QED) is 0.674. The predicted octanol–water partition coefficient (Wildman–Crippen LogP) is 4.76. The summed E-state index contributed by atoms with van der Waals surface area (Å²) in [4.78, 5) is 26.1. The first-order valence-electron chi connectivity index (χ1n) is 9.61. The van der Waals surface area contributed by atoms with E-state index < -0.39 is 11.2 Å². The van der Waals surface area contributed by atoms with Crippen molar-refractivity contribution in [3.05, 3.63) is 39.7 Å². The van der Waals surface area contributed by atoms with Crippen LogP contribution < -0.4 is 10.4 Å². The summed E-state index contributed by atoms with van der Waals surface area (Å²) < 4.78 is 17.0. The van der Waals surface area contributed by atoms with Crippen LogP contribution in [-0.4, -0.2) is 34.8 Å². The molecule has 3 atom stereocenters. The van der Waals surface area contributed by atoms with E-state index in [1.807, 2.05) is 37.8 Å². The second-order valence-electron chi connectivity index (χ2n) is 8.57. The summed E-state index contributed by atoms with van der Waals surface area (Å²) in [7, 11) is 0. The molecule has 2 bridgehead atoms. The SMILES string of the molecule is CC(C)(C)OC(=O)N1[C@@H]2CC[C@H]1C[C@H](Oc1ccc3cc(Cl)c(=O)oc3c1)C2. The Bertz CT molecular complexity index is 949. The van der Waals surface area contributed by atoms with Gasteiger partial charge in [-0.05, 0) is 51.8 Å². The molecule has 3 heterocycles. The normalized spacial score (nSPS) is 24.4. The van der Waals surface area contributed by atoms with E-state index in [4.69, 9.17) is 25.5 Å². The second kappa shape index (κ2) is 6.99. The van der Waals surface area contributed by atoms with Gasteiger partial charge < -0.3 is 18.8 Å². The van der Waals surface area contributed by atoms with Gasteiger partial charge >= 0.3 is 11.7 Å². The Morgan fingerprint density at radius 1 is 1.18 bits per heavy atom. The molecule has 0 radical (unpaired) electrons. The third kappa shape index (κ3) is 3.83. The van der Waals surface area contributed by atoms with Crippen molar-refractivity contribution in [2.45, 2.75) is 70.2 Å². The lowest BCUT2D eigenvalue weighted by Crippen LogP contribution is -2.50. The zero-order valence-corrected chi connectivity index (χ0v) is 17.0. The Hall–Kier alpha value is -2.21. The van der Waals surface area contributed by atoms with Crippen molar-refractivity contribution in [2.75, 3.05) is 0 Å². The highest BCUT2D eigenvalue weighted by molar-refractivity contribution is 6.30. The molecule has 0 aliphatic carbocycles. The summed E-state index contributed by atoms with van der Waals surface area (Å²) in [6.07, 6.45) is 3.23. The van der Waals surface area contributed by atoms with Crippen LogP contribution in [0.2, 0.25) is 5.02 Å². The predicted molar refractivity (Wildman–Crippen MR) is 106 cm³/mol. The number of hydrogen-bond donors (Lipinski definition) is 0. The van der Waals surface area contributed by atoms with Crippen LogP contribution in [0.25, 0.3) is 11.0 Å². The number of hydrogen-bond acceptors (Lipinski definition) is 5. The Morgan fingerprint density at radius 3 is 2.50 bits per heavy atom. The van der Waals surface area contributed by atoms with Crippen molar-refractivity contribution < 1.29 is 18.7 Å². The lowest BCUT2D eigenvalue weighted by atomic mass is 10.00. The van der Waals surface area contributed by atoms with E-state index in [2.05, 4.69) is 0 Å². The average molecular weight is 406 g/mol. The smallest absolute Gasteiger partial charge is 0.410 e. The Morgan fingerprint density at radius 2 is 1.86 bits per heavy atom. The molecular formula is C21H24ClNO5. The summed E-state index contributed by atoms with van der Waals surface area (Å²) in [6.45, 7) is 5.65. The van der Waals surface area contributed by atoms with Crippen LogP contribution in [0.1, 0.15) is 46.5 Å². The van der Waals surface area contributed by atoms with Crippen LogP contribution in [0.15, 0.2) is 33.5 Å². The summed E-state index contributed by atoms with van der Waals surface area (Å²) in [5, 5.41) is 0.809. The Balaban J connectivity index is 1.47. The molecule has 150 valence electrons. The molecule has 0 N–H and O–H groups in total. The minimum Gasteiger partial charge on any atom is -0.490 e. The minimum atomic E-state index is -0.560. The van der Waals surface area contributed by atoms with E-state index in [0.717, 1.165) is 31.1 Å². The largest absolute Gasteiger partial charge is 0.490 e. The maximum absolute atomic E-state index is 12.6. The zero-order chi connectivity index (χ0) is 20.1. The number of piperidine rings is 1. The monoisotopic (exact) mass is 405 g/mol. The fourth-order valence-corrected chi connectivity index (χ4v) is 4.32. The van der Waals surface area contributed by atoms with Gasteiger partial charge in [-0.15, -0.1) is 0 Å². The van der Waals surface area contributed by atoms with Crippen LogP contribution in [0, 0.1) is 0 Å². The van der Waals surface area contributed by atoms with Crippen LogP contribution in [-0.2, 0) is 4.74 Å². The van der Waals surface area contributed by atoms with Crippen LogP contribution in [0.5, 0.6) is 5.75 Å². The lowest BCUT2D eigenvalue weighted by Gasteiger charge is -2.39. The standard InChI is InChI=1S/C21H24ClNO5/c1-21(2,3)28-20(25)23-13-5-6-14(23)10-16(9-13)26-15-7-4-12-8-17(22)19(24)27-18(12)11-15/h4,7-8,11,13-14,16H,5-6,9-10H2,1-3H3/t13-,14+,16-. The van der Waals surface area contributed by atoms with E-state index in [0.29, 0.717) is 11.3 Å². The van der Waals surface area contributed by atoms with Gasteiger partial charge in [0.25, 0.3) is 0 Å². The van der Waals surface area contributed by atoms with Crippen LogP contribution in [0.3, 0.4) is 0 Å². The lowest BCUT2D eigenvalue weighted by molar-refractivity contribution is -0.00705. The molecule has 6 nitrogen and oxygen atoms in total. The zero-order valence-electron chi connectivity index (χ0n) is 16.2. The fraction of sp³-hybridized carbons (Fsp3) is 0.524. The molecule has 4 rings (SSSR count). The van der Waals surface area contributed by atoms with Crippen molar-refractivity contribution in [3.63, 3.8) is 0 Å². The van der Waals surface area contributed by atoms with Gasteiger partial charge in [0.15, 0.2) is 0 Å². The number of benzene rings is 1. The van der Waals surface area contributed by atoms with Crippen molar-refractivity contribution in [1.82, 2.24) is 4.90 Å². The maximum Gasteiger partial charge on any atom is 0.410 e. The molecule has 1 aromatic carbocycles. The number of amides is 1. The number of carbonyl (C=O) groups excluding carboxylic acids is 1. The molecule has 28 heavy (non-hydrogen) atoms. The first kappa shape index (κ1) is 19.1. The molecule has 2 aliphatic heterocycles. The maximum atomic E-state index is 12.6. The number of carbonyl (C=O) groups is 1. The highest BCUT2D eigenvalue weighted by Gasteiger charge is 2.45. The number of fused-ring (bicyclic) bond motifs is 3. The van der Waals surface area contributed by atoms with E-state index in [-0.39, 0.29) is 29.3 Å². The van der Waals surface area contributed by atoms with Crippen molar-refractivity contribution in [1.29, 1.82) is 0 Å². The van der Waals surface area contributed by atoms with E-state index in [1.165, 1.54) is 0 Å². The van der Waals surface area contributed by atoms with E-state index in [9.17, 15) is 9.59 Å². The third-order valence-electron chi connectivity index (χ3n) is 5.26. The molecule has 0 unspecified atom stereocenters. The van der Waals surface area contributed by atoms with Gasteiger partial charge in [-0.2, -0.15) is 0 Å². The average Bonchev–Trinajstić information content (AvgIpc) is 2.86. The Labute approximate surface area is 168 Å². The number of halogens is 1. The highest BCUT2D eigenvalue weighted by Crippen LogP contribution is 2.38. The topological polar surface area (TPSA) is 69.0 Å². The summed E-state index contributed by atoms with van der Waals surface area (Å²) in [5.74, 6) is 0.646. The third-order valence-corrected chi connectivity index (χ3v) is 5.53. The second-order valence-corrected chi connectivity index (χ2v) is 8.97. The number of ether oxygens (including phenoxy) is 2. The first-order valence-corrected chi connectivity index (χ1v) is 9.99. The molecule has 2 saturated heterocycles. The molecule has 2 aromatic rings. The summed E-state index contributed by atoms with van der Waals surface area (Å²) >= 11 is 5.82. The number of rotatable bonds is 2. The van der Waals surface area contributed by atoms with Crippen molar-refractivity contribution in [3.8, 4) is 5.75 Å². The summed E-state index contributed by atoms with van der Waals surface area (Å²) in [5.41, 5.74) is -0.613. The minimum absolute atomic E-state index is 0.00709. The molecule has 0 saturated carbocycles. The van der Waals surface area contributed by atoms with Crippen molar-refractivity contribution in [2.24, 2.45) is 0 Å². The Kier molecular flexibility index (Phi) is 4.78. The first-order chi connectivity index (χ1) is 13.2. The van der Waals surface area contributed by atoms with Gasteiger partial charge in [0.1, 0.15) is 28.1 Å². The molecule has 2 aliphatic rings. The van der Waals surface area contributed by atoms with Gasteiger partial charge in [-0.3, -0.25) is 0 Å². The highest BCUT2D eigenvalue weighted by atomic mass is 35.5. The van der Waals surface area contributed by atoms with Gasteiger partial charge in [-0.25, -0.2) is 9.59 Å². The molecule has 2 fully saturated rings. The molecule has 1 amide bonds. The summed E-state index contributed by atoms with van der Waals surface area (Å²) in [6, 6.07) is 7.25. The van der Waals surface area contributed by atoms with E-state index >= 15 is 0 Å². The van der Waals surface area contributed by atoms with Gasteiger partial charge in [0.05, 0.1) is 0 Å². The molecular weight excluding hydrogens is 382 g/mol. The van der Waals surface area contributed by atoms with Gasteiger partial charge in [0.2, 0.25) is 0 Å². The van der Waals surface area contributed by atoms with Gasteiger partial charge in [-0.1, -0.05) is 11.6 Å². The fourth-order valence-electron chi connectivity index (χ4n) is 4.17.